The Hall–Kier alpha value is -2.45. The normalized spacial score (nSPS) is 19.4. The molecule has 3 heterocycles. The summed E-state index contributed by atoms with van der Waals surface area (Å²) in [6, 6.07) is 8.02. The van der Waals surface area contributed by atoms with Gasteiger partial charge in [-0.3, -0.25) is 14.3 Å². The molecular formula is C23H34N6O2. The highest BCUT2D eigenvalue weighted by Crippen LogP contribution is 2.15. The fraction of sp³-hybridized carbons (Fsp3) is 0.609. The van der Waals surface area contributed by atoms with E-state index in [2.05, 4.69) is 27.4 Å². The van der Waals surface area contributed by atoms with Gasteiger partial charge in [-0.05, 0) is 70.6 Å². The summed E-state index contributed by atoms with van der Waals surface area (Å²) >= 11 is 0. The summed E-state index contributed by atoms with van der Waals surface area (Å²) in [6.07, 6.45) is 4.80. The van der Waals surface area contributed by atoms with Crippen LogP contribution in [0.2, 0.25) is 0 Å². The Morgan fingerprint density at radius 1 is 1.13 bits per heavy atom. The highest BCUT2D eigenvalue weighted by Gasteiger charge is 2.22. The number of likely N-dealkylation sites (N-methyl/N-ethyl adjacent to an activating group) is 1. The van der Waals surface area contributed by atoms with Crippen molar-refractivity contribution < 1.29 is 4.79 Å². The second-order valence-electron chi connectivity index (χ2n) is 9.05. The molecule has 0 spiro atoms. The Kier molecular flexibility index (Phi) is 6.87. The van der Waals surface area contributed by atoms with Gasteiger partial charge in [-0.15, -0.1) is 0 Å². The van der Waals surface area contributed by atoms with Crippen molar-refractivity contribution in [2.45, 2.75) is 57.8 Å². The maximum atomic E-state index is 12.7. The van der Waals surface area contributed by atoms with Crippen molar-refractivity contribution in [2.24, 2.45) is 0 Å². The first kappa shape index (κ1) is 21.8. The van der Waals surface area contributed by atoms with Gasteiger partial charge in [0.2, 0.25) is 0 Å². The number of nitrogens with one attached hydrogen (secondary N) is 1. The number of hydrogen-bond acceptors (Lipinski definition) is 5. The predicted molar refractivity (Wildman–Crippen MR) is 120 cm³/mol. The quantitative estimate of drug-likeness (QED) is 0.723. The summed E-state index contributed by atoms with van der Waals surface area (Å²) < 4.78 is 3.34. The summed E-state index contributed by atoms with van der Waals surface area (Å²) in [4.78, 5) is 29.9. The van der Waals surface area contributed by atoms with Crippen molar-refractivity contribution in [3.8, 4) is 0 Å². The predicted octanol–water partition coefficient (Wildman–Crippen LogP) is 1.34. The van der Waals surface area contributed by atoms with E-state index in [1.54, 1.807) is 9.25 Å². The van der Waals surface area contributed by atoms with Gasteiger partial charge in [0.15, 0.2) is 0 Å². The Bertz CT molecular complexity index is 940. The van der Waals surface area contributed by atoms with Crippen LogP contribution in [0.5, 0.6) is 0 Å². The molecule has 0 aliphatic carbocycles. The van der Waals surface area contributed by atoms with E-state index in [9.17, 15) is 9.59 Å². The number of hydrogen-bond donors (Lipinski definition) is 1. The third-order valence-corrected chi connectivity index (χ3v) is 6.33. The molecule has 2 aromatic rings. The van der Waals surface area contributed by atoms with Crippen molar-refractivity contribution in [3.63, 3.8) is 0 Å². The van der Waals surface area contributed by atoms with Gasteiger partial charge in [0.25, 0.3) is 5.91 Å². The molecule has 0 radical (unpaired) electrons. The molecule has 1 atom stereocenters. The molecule has 1 aromatic carbocycles. The van der Waals surface area contributed by atoms with Gasteiger partial charge < -0.3 is 10.2 Å². The number of aryl methyl sites for hydroxylation is 1. The van der Waals surface area contributed by atoms with Crippen molar-refractivity contribution in [1.29, 1.82) is 0 Å². The van der Waals surface area contributed by atoms with E-state index in [1.165, 1.54) is 31.5 Å². The van der Waals surface area contributed by atoms with E-state index >= 15 is 0 Å². The molecule has 8 nitrogen and oxygen atoms in total. The molecule has 1 amide bonds. The molecule has 1 saturated heterocycles. The van der Waals surface area contributed by atoms with Gasteiger partial charge in [-0.1, -0.05) is 12.1 Å². The fourth-order valence-electron chi connectivity index (χ4n) is 4.44. The third-order valence-electron chi connectivity index (χ3n) is 6.33. The molecule has 1 fully saturated rings. The first-order valence-electron chi connectivity index (χ1n) is 11.4. The Balaban J connectivity index is 1.31. The number of benzene rings is 1. The number of fused-ring (bicyclic) bond motifs is 1. The van der Waals surface area contributed by atoms with Crippen molar-refractivity contribution in [2.75, 3.05) is 33.7 Å². The van der Waals surface area contributed by atoms with Crippen molar-refractivity contribution >= 4 is 5.91 Å². The minimum Gasteiger partial charge on any atom is -0.349 e. The van der Waals surface area contributed by atoms with Crippen molar-refractivity contribution in [3.05, 3.63) is 51.7 Å². The molecule has 8 heteroatoms. The lowest BCUT2D eigenvalue weighted by molar-refractivity contribution is 0.0933. The van der Waals surface area contributed by atoms with E-state index in [1.807, 2.05) is 31.1 Å². The lowest BCUT2D eigenvalue weighted by Gasteiger charge is -2.17. The average molecular weight is 427 g/mol. The zero-order valence-corrected chi connectivity index (χ0v) is 18.7. The Morgan fingerprint density at radius 2 is 1.87 bits per heavy atom. The van der Waals surface area contributed by atoms with Crippen LogP contribution in [-0.4, -0.2) is 69.8 Å². The number of carbonyl (C=O) groups excluding carboxylic acids is 1. The Labute approximate surface area is 183 Å². The maximum absolute atomic E-state index is 12.7. The molecular weight excluding hydrogens is 392 g/mol. The minimum atomic E-state index is -0.0441. The van der Waals surface area contributed by atoms with Gasteiger partial charge in [0.05, 0.1) is 6.54 Å². The van der Waals surface area contributed by atoms with Crippen LogP contribution in [0.1, 0.15) is 47.4 Å². The zero-order valence-electron chi connectivity index (χ0n) is 18.7. The fourth-order valence-corrected chi connectivity index (χ4v) is 4.44. The summed E-state index contributed by atoms with van der Waals surface area (Å²) in [7, 11) is 3.97. The molecule has 0 saturated carbocycles. The summed E-state index contributed by atoms with van der Waals surface area (Å²) in [5.74, 6) is 0.785. The van der Waals surface area contributed by atoms with Crippen LogP contribution in [-0.2, 0) is 26.1 Å². The monoisotopic (exact) mass is 426 g/mol. The highest BCUT2D eigenvalue weighted by molar-refractivity contribution is 5.94. The SMILES string of the molecule is CN(C)CCn1nc2n(c1=O)CCC(NC(=O)c1ccc(CN3CCCC3)cc1)CC2. The summed E-state index contributed by atoms with van der Waals surface area (Å²) in [5, 5.41) is 7.69. The van der Waals surface area contributed by atoms with Gasteiger partial charge in [-0.25, -0.2) is 9.48 Å². The van der Waals surface area contributed by atoms with Crippen molar-refractivity contribution in [1.82, 2.24) is 29.5 Å². The first-order chi connectivity index (χ1) is 15.0. The second kappa shape index (κ2) is 9.78. The number of likely N-dealkylation sites (tertiary alicyclic amines) is 1. The van der Waals surface area contributed by atoms with E-state index in [4.69, 9.17) is 0 Å². The molecule has 168 valence electrons. The molecule has 2 aliphatic rings. The molecule has 1 N–H and O–H groups in total. The van der Waals surface area contributed by atoms with Crippen LogP contribution < -0.4 is 11.0 Å². The summed E-state index contributed by atoms with van der Waals surface area (Å²) in [6.45, 7) is 5.27. The standard InChI is InChI=1S/C23H34N6O2/c1-26(2)15-16-29-23(31)28-14-11-20(9-10-21(28)25-29)24-22(30)19-7-5-18(6-8-19)17-27-12-3-4-13-27/h5-8,20H,3-4,9-17H2,1-2H3,(H,24,30). The zero-order chi connectivity index (χ0) is 21.8. The van der Waals surface area contributed by atoms with Gasteiger partial charge in [0, 0.05) is 37.7 Å². The third kappa shape index (κ3) is 5.43. The Morgan fingerprint density at radius 3 is 2.58 bits per heavy atom. The average Bonchev–Trinajstić information content (AvgIpc) is 3.31. The van der Waals surface area contributed by atoms with Gasteiger partial charge in [0.1, 0.15) is 5.82 Å². The van der Waals surface area contributed by atoms with Crippen LogP contribution in [0.4, 0.5) is 0 Å². The first-order valence-corrected chi connectivity index (χ1v) is 11.4. The smallest absolute Gasteiger partial charge is 0.345 e. The summed E-state index contributed by atoms with van der Waals surface area (Å²) in [5.41, 5.74) is 1.90. The molecule has 4 rings (SSSR count). The van der Waals surface area contributed by atoms with E-state index < -0.39 is 0 Å². The van der Waals surface area contributed by atoms with E-state index in [0.717, 1.165) is 31.8 Å². The van der Waals surface area contributed by atoms with Crippen LogP contribution in [0.25, 0.3) is 0 Å². The number of nitrogens with zero attached hydrogens (tertiary/aromatic N) is 5. The topological polar surface area (TPSA) is 75.4 Å². The van der Waals surface area contributed by atoms with Crippen LogP contribution in [0, 0.1) is 0 Å². The number of rotatable bonds is 7. The number of carbonyl (C=O) groups is 1. The van der Waals surface area contributed by atoms with Crippen LogP contribution >= 0.6 is 0 Å². The molecule has 31 heavy (non-hydrogen) atoms. The largest absolute Gasteiger partial charge is 0.349 e. The van der Waals surface area contributed by atoms with Crippen LogP contribution in [0.15, 0.2) is 29.1 Å². The van der Waals surface area contributed by atoms with E-state index in [0.29, 0.717) is 25.1 Å². The minimum absolute atomic E-state index is 0.0411. The van der Waals surface area contributed by atoms with E-state index in [-0.39, 0.29) is 17.6 Å². The van der Waals surface area contributed by atoms with Gasteiger partial charge in [-0.2, -0.15) is 5.10 Å². The highest BCUT2D eigenvalue weighted by atomic mass is 16.2. The molecule has 1 unspecified atom stereocenters. The molecule has 1 aromatic heterocycles. The van der Waals surface area contributed by atoms with Crippen LogP contribution in [0.3, 0.4) is 0 Å². The molecule has 2 aliphatic heterocycles. The van der Waals surface area contributed by atoms with Gasteiger partial charge >= 0.3 is 5.69 Å². The lowest BCUT2D eigenvalue weighted by atomic mass is 10.1. The number of aromatic nitrogens is 3. The number of amides is 1. The molecule has 0 bridgehead atoms. The maximum Gasteiger partial charge on any atom is 0.345 e. The lowest BCUT2D eigenvalue weighted by Crippen LogP contribution is -2.36. The second-order valence-corrected chi connectivity index (χ2v) is 9.05.